The lowest BCUT2D eigenvalue weighted by Gasteiger charge is -2.05. The van der Waals surface area contributed by atoms with Crippen molar-refractivity contribution in [1.82, 2.24) is 5.32 Å². The fourth-order valence-electron chi connectivity index (χ4n) is 3.09. The van der Waals surface area contributed by atoms with Gasteiger partial charge in [0.15, 0.2) is 0 Å². The standard InChI is InChI=1S/C22H19NO4/c1-25-17-9-10-18-19(14-17)27-21(20(18)15-6-3-2-4-7-15)22(24)23-12-11-16-8-5-13-26-16/h2-10,13-14H,11-12H2,1H3,(H,23,24). The number of rotatable bonds is 6. The molecule has 0 unspecified atom stereocenters. The predicted molar refractivity (Wildman–Crippen MR) is 103 cm³/mol. The fourth-order valence-corrected chi connectivity index (χ4v) is 3.09. The van der Waals surface area contributed by atoms with E-state index in [-0.39, 0.29) is 5.91 Å². The van der Waals surface area contributed by atoms with Gasteiger partial charge in [-0.2, -0.15) is 0 Å². The molecule has 1 N–H and O–H groups in total. The van der Waals surface area contributed by atoms with Crippen molar-refractivity contribution in [1.29, 1.82) is 0 Å². The number of carbonyl (C=O) groups is 1. The number of amides is 1. The molecule has 0 saturated carbocycles. The summed E-state index contributed by atoms with van der Waals surface area (Å²) in [6.07, 6.45) is 2.24. The SMILES string of the molecule is COc1ccc2c(-c3ccccc3)c(C(=O)NCCc3ccco3)oc2c1. The number of fused-ring (bicyclic) bond motifs is 1. The van der Waals surface area contributed by atoms with Crippen LogP contribution >= 0.6 is 0 Å². The molecule has 0 aliphatic carbocycles. The molecule has 0 radical (unpaired) electrons. The molecule has 0 atom stereocenters. The first-order valence-electron chi connectivity index (χ1n) is 8.73. The summed E-state index contributed by atoms with van der Waals surface area (Å²) in [4.78, 5) is 12.8. The number of methoxy groups -OCH3 is 1. The highest BCUT2D eigenvalue weighted by molar-refractivity contribution is 6.08. The molecule has 2 heterocycles. The van der Waals surface area contributed by atoms with E-state index < -0.39 is 0 Å². The number of hydrogen-bond donors (Lipinski definition) is 1. The Balaban J connectivity index is 1.68. The summed E-state index contributed by atoms with van der Waals surface area (Å²) in [5, 5.41) is 3.79. The van der Waals surface area contributed by atoms with Gasteiger partial charge in [0.2, 0.25) is 5.76 Å². The first-order chi connectivity index (χ1) is 13.3. The molecule has 0 bridgehead atoms. The molecule has 0 saturated heterocycles. The molecule has 2 aromatic carbocycles. The molecular formula is C22H19NO4. The van der Waals surface area contributed by atoms with Crippen LogP contribution in [0.1, 0.15) is 16.3 Å². The van der Waals surface area contributed by atoms with Gasteiger partial charge in [0.1, 0.15) is 17.1 Å². The Morgan fingerprint density at radius 2 is 1.93 bits per heavy atom. The number of hydrogen-bond acceptors (Lipinski definition) is 4. The van der Waals surface area contributed by atoms with Crippen LogP contribution in [-0.2, 0) is 6.42 Å². The average Bonchev–Trinajstić information content (AvgIpc) is 3.35. The molecule has 27 heavy (non-hydrogen) atoms. The molecule has 0 aliphatic heterocycles. The van der Waals surface area contributed by atoms with E-state index >= 15 is 0 Å². The number of nitrogens with one attached hydrogen (secondary N) is 1. The van der Waals surface area contributed by atoms with Gasteiger partial charge in [-0.15, -0.1) is 0 Å². The Morgan fingerprint density at radius 1 is 1.07 bits per heavy atom. The van der Waals surface area contributed by atoms with Crippen LogP contribution in [0.3, 0.4) is 0 Å². The van der Waals surface area contributed by atoms with Crippen molar-refractivity contribution in [3.05, 3.63) is 78.4 Å². The Kier molecular flexibility index (Phi) is 4.66. The lowest BCUT2D eigenvalue weighted by atomic mass is 10.0. The highest BCUT2D eigenvalue weighted by Crippen LogP contribution is 2.36. The van der Waals surface area contributed by atoms with Crippen LogP contribution in [0.4, 0.5) is 0 Å². The van der Waals surface area contributed by atoms with Crippen molar-refractivity contribution in [2.24, 2.45) is 0 Å². The topological polar surface area (TPSA) is 64.6 Å². The van der Waals surface area contributed by atoms with E-state index in [2.05, 4.69) is 5.32 Å². The van der Waals surface area contributed by atoms with E-state index in [0.717, 1.165) is 22.3 Å². The number of carbonyl (C=O) groups excluding carboxylic acids is 1. The second-order valence-electron chi connectivity index (χ2n) is 6.12. The maximum Gasteiger partial charge on any atom is 0.287 e. The van der Waals surface area contributed by atoms with E-state index in [1.165, 1.54) is 0 Å². The third-order valence-corrected chi connectivity index (χ3v) is 4.40. The van der Waals surface area contributed by atoms with E-state index in [0.29, 0.717) is 30.1 Å². The van der Waals surface area contributed by atoms with Gasteiger partial charge in [-0.05, 0) is 29.8 Å². The molecule has 4 rings (SSSR count). The number of ether oxygens (including phenoxy) is 1. The molecule has 0 aliphatic rings. The smallest absolute Gasteiger partial charge is 0.287 e. The molecular weight excluding hydrogens is 342 g/mol. The van der Waals surface area contributed by atoms with Crippen LogP contribution in [0.2, 0.25) is 0 Å². The van der Waals surface area contributed by atoms with Gasteiger partial charge in [0.05, 0.1) is 13.4 Å². The van der Waals surface area contributed by atoms with Gasteiger partial charge in [-0.3, -0.25) is 4.79 Å². The first kappa shape index (κ1) is 17.0. The van der Waals surface area contributed by atoms with E-state index in [4.69, 9.17) is 13.6 Å². The zero-order valence-corrected chi connectivity index (χ0v) is 14.9. The second kappa shape index (κ2) is 7.41. The predicted octanol–water partition coefficient (Wildman–Crippen LogP) is 4.67. The Morgan fingerprint density at radius 3 is 2.67 bits per heavy atom. The normalized spacial score (nSPS) is 10.9. The van der Waals surface area contributed by atoms with Gasteiger partial charge >= 0.3 is 0 Å². The molecule has 0 spiro atoms. The highest BCUT2D eigenvalue weighted by Gasteiger charge is 2.22. The maximum absolute atomic E-state index is 12.8. The zero-order chi connectivity index (χ0) is 18.6. The van der Waals surface area contributed by atoms with Crippen LogP contribution in [0.25, 0.3) is 22.1 Å². The van der Waals surface area contributed by atoms with Gasteiger partial charge in [-0.1, -0.05) is 30.3 Å². The summed E-state index contributed by atoms with van der Waals surface area (Å²) in [6, 6.07) is 19.0. The third kappa shape index (κ3) is 3.44. The van der Waals surface area contributed by atoms with E-state index in [9.17, 15) is 4.79 Å². The minimum atomic E-state index is -0.254. The summed E-state index contributed by atoms with van der Waals surface area (Å²) >= 11 is 0. The Bertz CT molecular complexity index is 1050. The molecule has 4 aromatic rings. The first-order valence-corrected chi connectivity index (χ1v) is 8.73. The van der Waals surface area contributed by atoms with Crippen molar-refractivity contribution in [3.8, 4) is 16.9 Å². The average molecular weight is 361 g/mol. The minimum absolute atomic E-state index is 0.254. The van der Waals surface area contributed by atoms with Gasteiger partial charge in [0.25, 0.3) is 5.91 Å². The van der Waals surface area contributed by atoms with Crippen LogP contribution < -0.4 is 10.1 Å². The van der Waals surface area contributed by atoms with Crippen molar-refractivity contribution in [2.75, 3.05) is 13.7 Å². The Hall–Kier alpha value is -3.47. The van der Waals surface area contributed by atoms with Crippen molar-refractivity contribution in [2.45, 2.75) is 6.42 Å². The van der Waals surface area contributed by atoms with Crippen molar-refractivity contribution in [3.63, 3.8) is 0 Å². The van der Waals surface area contributed by atoms with E-state index in [1.54, 1.807) is 19.4 Å². The summed E-state index contributed by atoms with van der Waals surface area (Å²) in [5.41, 5.74) is 2.32. The maximum atomic E-state index is 12.8. The lowest BCUT2D eigenvalue weighted by molar-refractivity contribution is 0.0929. The number of benzene rings is 2. The minimum Gasteiger partial charge on any atom is -0.497 e. The highest BCUT2D eigenvalue weighted by atomic mass is 16.5. The zero-order valence-electron chi connectivity index (χ0n) is 14.9. The lowest BCUT2D eigenvalue weighted by Crippen LogP contribution is -2.25. The van der Waals surface area contributed by atoms with Crippen LogP contribution in [0.5, 0.6) is 5.75 Å². The van der Waals surface area contributed by atoms with Crippen molar-refractivity contribution < 1.29 is 18.4 Å². The van der Waals surface area contributed by atoms with Crippen molar-refractivity contribution >= 4 is 16.9 Å². The molecule has 136 valence electrons. The molecule has 0 fully saturated rings. The van der Waals surface area contributed by atoms with Gasteiger partial charge in [0, 0.05) is 30.0 Å². The molecule has 5 nitrogen and oxygen atoms in total. The molecule has 2 aromatic heterocycles. The summed E-state index contributed by atoms with van der Waals surface area (Å²) in [5.74, 6) is 1.55. The van der Waals surface area contributed by atoms with Gasteiger partial charge < -0.3 is 18.9 Å². The van der Waals surface area contributed by atoms with Gasteiger partial charge in [-0.25, -0.2) is 0 Å². The summed E-state index contributed by atoms with van der Waals surface area (Å²) in [7, 11) is 1.60. The van der Waals surface area contributed by atoms with Crippen LogP contribution in [0, 0.1) is 0 Å². The Labute approximate surface area is 156 Å². The fraction of sp³-hybridized carbons (Fsp3) is 0.136. The molecule has 1 amide bonds. The monoisotopic (exact) mass is 361 g/mol. The quantitative estimate of drug-likeness (QED) is 0.542. The summed E-state index contributed by atoms with van der Waals surface area (Å²) < 4.78 is 16.5. The largest absolute Gasteiger partial charge is 0.497 e. The summed E-state index contributed by atoms with van der Waals surface area (Å²) in [6.45, 7) is 0.459. The third-order valence-electron chi connectivity index (χ3n) is 4.40. The number of furan rings is 2. The molecule has 5 heteroatoms. The van der Waals surface area contributed by atoms with Crippen LogP contribution in [0.15, 0.2) is 75.8 Å². The van der Waals surface area contributed by atoms with E-state index in [1.807, 2.05) is 54.6 Å². The second-order valence-corrected chi connectivity index (χ2v) is 6.12. The van der Waals surface area contributed by atoms with Crippen LogP contribution in [-0.4, -0.2) is 19.6 Å².